The van der Waals surface area contributed by atoms with Crippen LogP contribution in [-0.4, -0.2) is 14.5 Å². The Morgan fingerprint density at radius 3 is 2.52 bits per heavy atom. The molecular weight excluding hydrogens is 284 g/mol. The second-order valence-electron chi connectivity index (χ2n) is 6.39. The van der Waals surface area contributed by atoms with Crippen molar-refractivity contribution >= 4 is 15.7 Å². The Balaban J connectivity index is 2.18. The average molecular weight is 310 g/mol. The molecular formula is C16H26N2O2S. The summed E-state index contributed by atoms with van der Waals surface area (Å²) >= 11 is 0. The maximum Gasteiger partial charge on any atom is 0.240 e. The lowest BCUT2D eigenvalue weighted by molar-refractivity contribution is 0.484. The highest BCUT2D eigenvalue weighted by atomic mass is 32.2. The molecule has 1 aromatic carbocycles. The van der Waals surface area contributed by atoms with Gasteiger partial charge in [-0.1, -0.05) is 19.8 Å². The van der Waals surface area contributed by atoms with Crippen LogP contribution in [0.5, 0.6) is 0 Å². The highest BCUT2D eigenvalue weighted by Gasteiger charge is 2.23. The fourth-order valence-electron chi connectivity index (χ4n) is 2.90. The van der Waals surface area contributed by atoms with Gasteiger partial charge in [-0.2, -0.15) is 0 Å². The number of aryl methyl sites for hydroxylation is 1. The first-order valence-corrected chi connectivity index (χ1v) is 9.17. The summed E-state index contributed by atoms with van der Waals surface area (Å²) in [5, 5.41) is 0. The van der Waals surface area contributed by atoms with Crippen LogP contribution in [0, 0.1) is 19.8 Å². The van der Waals surface area contributed by atoms with Crippen LogP contribution in [0.2, 0.25) is 0 Å². The van der Waals surface area contributed by atoms with Crippen molar-refractivity contribution < 1.29 is 8.42 Å². The van der Waals surface area contributed by atoms with Gasteiger partial charge >= 0.3 is 0 Å². The molecule has 1 aliphatic carbocycles. The second-order valence-corrected chi connectivity index (χ2v) is 8.10. The molecule has 0 spiro atoms. The van der Waals surface area contributed by atoms with Gasteiger partial charge in [0.2, 0.25) is 10.0 Å². The molecule has 2 rings (SSSR count). The summed E-state index contributed by atoms with van der Waals surface area (Å²) in [6.45, 7) is 6.03. The number of anilines is 1. The molecule has 0 amide bonds. The van der Waals surface area contributed by atoms with Crippen molar-refractivity contribution in [2.24, 2.45) is 5.92 Å². The van der Waals surface area contributed by atoms with E-state index in [1.807, 2.05) is 13.8 Å². The van der Waals surface area contributed by atoms with Crippen LogP contribution in [0.4, 0.5) is 5.69 Å². The lowest BCUT2D eigenvalue weighted by atomic mass is 10.0. The Morgan fingerprint density at radius 2 is 1.86 bits per heavy atom. The molecule has 1 saturated carbocycles. The van der Waals surface area contributed by atoms with Crippen molar-refractivity contribution in [1.29, 1.82) is 0 Å². The van der Waals surface area contributed by atoms with E-state index in [4.69, 9.17) is 5.73 Å². The number of nitrogens with two attached hydrogens (primary N) is 1. The number of nitrogens with one attached hydrogen (secondary N) is 1. The topological polar surface area (TPSA) is 72.2 Å². The third-order valence-corrected chi connectivity index (χ3v) is 6.07. The van der Waals surface area contributed by atoms with Crippen molar-refractivity contribution in [2.75, 3.05) is 5.73 Å². The Kier molecular flexibility index (Phi) is 4.94. The first kappa shape index (κ1) is 16.3. The molecule has 1 fully saturated rings. The van der Waals surface area contributed by atoms with Crippen LogP contribution in [-0.2, 0) is 10.0 Å². The molecule has 0 aliphatic heterocycles. The second kappa shape index (κ2) is 6.36. The SMILES string of the molecule is Cc1cc(S(=O)(=O)NC2CCCC(C)CC2)cc(N)c1C. The van der Waals surface area contributed by atoms with Crippen molar-refractivity contribution in [3.8, 4) is 0 Å². The van der Waals surface area contributed by atoms with E-state index in [2.05, 4.69) is 11.6 Å². The lowest BCUT2D eigenvalue weighted by Crippen LogP contribution is -2.34. The Bertz CT molecular complexity index is 588. The Hall–Kier alpha value is -1.07. The lowest BCUT2D eigenvalue weighted by Gasteiger charge is -2.17. The summed E-state index contributed by atoms with van der Waals surface area (Å²) in [5.74, 6) is 0.691. The largest absolute Gasteiger partial charge is 0.398 e. The third-order valence-electron chi connectivity index (χ3n) is 4.57. The van der Waals surface area contributed by atoms with E-state index in [0.717, 1.165) is 36.8 Å². The number of sulfonamides is 1. The molecule has 2 atom stereocenters. The molecule has 0 radical (unpaired) electrons. The number of hydrogen-bond acceptors (Lipinski definition) is 3. The van der Waals surface area contributed by atoms with Crippen LogP contribution in [0.3, 0.4) is 0 Å². The average Bonchev–Trinajstić information content (AvgIpc) is 2.60. The van der Waals surface area contributed by atoms with Crippen molar-refractivity contribution in [1.82, 2.24) is 4.72 Å². The van der Waals surface area contributed by atoms with E-state index in [0.29, 0.717) is 11.6 Å². The summed E-state index contributed by atoms with van der Waals surface area (Å²) in [5.41, 5.74) is 8.28. The molecule has 0 saturated heterocycles. The van der Waals surface area contributed by atoms with E-state index >= 15 is 0 Å². The predicted octanol–water partition coefficient (Wildman–Crippen LogP) is 3.13. The zero-order valence-corrected chi connectivity index (χ0v) is 14.0. The number of benzene rings is 1. The molecule has 118 valence electrons. The van der Waals surface area contributed by atoms with Crippen molar-refractivity contribution in [2.45, 2.75) is 63.8 Å². The van der Waals surface area contributed by atoms with Crippen molar-refractivity contribution in [3.63, 3.8) is 0 Å². The van der Waals surface area contributed by atoms with Gasteiger partial charge in [0.05, 0.1) is 4.90 Å². The van der Waals surface area contributed by atoms with Gasteiger partial charge < -0.3 is 5.73 Å². The molecule has 1 aromatic rings. The molecule has 1 aliphatic rings. The van der Waals surface area contributed by atoms with Crippen LogP contribution in [0.15, 0.2) is 17.0 Å². The quantitative estimate of drug-likeness (QED) is 0.665. The minimum Gasteiger partial charge on any atom is -0.398 e. The summed E-state index contributed by atoms with van der Waals surface area (Å²) in [6.07, 6.45) is 5.20. The maximum atomic E-state index is 12.5. The zero-order chi connectivity index (χ0) is 15.6. The van der Waals surface area contributed by atoms with Gasteiger partial charge in [-0.3, -0.25) is 0 Å². The molecule has 21 heavy (non-hydrogen) atoms. The van der Waals surface area contributed by atoms with Gasteiger partial charge in [0.15, 0.2) is 0 Å². The highest BCUT2D eigenvalue weighted by Crippen LogP contribution is 2.25. The molecule has 3 N–H and O–H groups in total. The first-order chi connectivity index (χ1) is 9.79. The molecule has 4 nitrogen and oxygen atoms in total. The number of hydrogen-bond donors (Lipinski definition) is 2. The monoisotopic (exact) mass is 310 g/mol. The van der Waals surface area contributed by atoms with E-state index < -0.39 is 10.0 Å². The summed E-state index contributed by atoms with van der Waals surface area (Å²) in [7, 11) is -3.49. The molecule has 0 bridgehead atoms. The molecule has 2 unspecified atom stereocenters. The third kappa shape index (κ3) is 3.98. The van der Waals surface area contributed by atoms with Crippen LogP contribution < -0.4 is 10.5 Å². The fourth-order valence-corrected chi connectivity index (χ4v) is 4.32. The molecule has 0 heterocycles. The minimum atomic E-state index is -3.49. The highest BCUT2D eigenvalue weighted by molar-refractivity contribution is 7.89. The van der Waals surface area contributed by atoms with Crippen LogP contribution in [0.1, 0.15) is 50.2 Å². The zero-order valence-electron chi connectivity index (χ0n) is 13.1. The Morgan fingerprint density at radius 1 is 1.14 bits per heavy atom. The molecule has 0 aromatic heterocycles. The van der Waals surface area contributed by atoms with Gasteiger partial charge in [0.1, 0.15) is 0 Å². The smallest absolute Gasteiger partial charge is 0.240 e. The van der Waals surface area contributed by atoms with E-state index in [1.54, 1.807) is 12.1 Å². The normalized spacial score (nSPS) is 23.8. The summed E-state index contributed by atoms with van der Waals surface area (Å²) in [4.78, 5) is 0.278. The standard InChI is InChI=1S/C16H26N2O2S/c1-11-5-4-6-14(8-7-11)18-21(19,20)15-9-12(2)13(3)16(17)10-15/h9-11,14,18H,4-8,17H2,1-3H3. The summed E-state index contributed by atoms with van der Waals surface area (Å²) in [6, 6.07) is 3.31. The van der Waals surface area contributed by atoms with Crippen LogP contribution in [0.25, 0.3) is 0 Å². The van der Waals surface area contributed by atoms with Gasteiger partial charge in [0, 0.05) is 11.7 Å². The van der Waals surface area contributed by atoms with Gasteiger partial charge in [0.25, 0.3) is 0 Å². The van der Waals surface area contributed by atoms with E-state index in [-0.39, 0.29) is 10.9 Å². The minimum absolute atomic E-state index is 0.0442. The maximum absolute atomic E-state index is 12.5. The summed E-state index contributed by atoms with van der Waals surface area (Å²) < 4.78 is 27.9. The van der Waals surface area contributed by atoms with Crippen molar-refractivity contribution in [3.05, 3.63) is 23.3 Å². The van der Waals surface area contributed by atoms with Crippen LogP contribution >= 0.6 is 0 Å². The number of nitrogen functional groups attached to an aromatic ring is 1. The Labute approximate surface area is 128 Å². The first-order valence-electron chi connectivity index (χ1n) is 7.68. The van der Waals surface area contributed by atoms with Gasteiger partial charge in [-0.15, -0.1) is 0 Å². The van der Waals surface area contributed by atoms with Gasteiger partial charge in [-0.25, -0.2) is 13.1 Å². The fraction of sp³-hybridized carbons (Fsp3) is 0.625. The van der Waals surface area contributed by atoms with E-state index in [1.165, 1.54) is 6.42 Å². The molecule has 5 heteroatoms. The van der Waals surface area contributed by atoms with Gasteiger partial charge in [-0.05, 0) is 62.3 Å². The predicted molar refractivity (Wildman–Crippen MR) is 86.7 cm³/mol. The number of rotatable bonds is 3. The van der Waals surface area contributed by atoms with E-state index in [9.17, 15) is 8.42 Å².